The summed E-state index contributed by atoms with van der Waals surface area (Å²) >= 11 is 19.1. The van der Waals surface area contributed by atoms with Crippen LogP contribution in [0.3, 0.4) is 0 Å². The van der Waals surface area contributed by atoms with E-state index in [4.69, 9.17) is 44.3 Å². The first-order valence-electron chi connectivity index (χ1n) is 6.47. The molecular formula is C16H15Cl3O2. The summed E-state index contributed by atoms with van der Waals surface area (Å²) in [6.07, 6.45) is 0. The lowest BCUT2D eigenvalue weighted by Crippen LogP contribution is -2.00. The van der Waals surface area contributed by atoms with Crippen LogP contribution in [0.1, 0.15) is 23.4 Å². The van der Waals surface area contributed by atoms with E-state index in [9.17, 15) is 0 Å². The van der Waals surface area contributed by atoms with Crippen LogP contribution in [0, 0.1) is 0 Å². The van der Waals surface area contributed by atoms with Gasteiger partial charge in [-0.3, -0.25) is 0 Å². The summed E-state index contributed by atoms with van der Waals surface area (Å²) in [5.74, 6) is 1.26. The topological polar surface area (TPSA) is 18.5 Å². The van der Waals surface area contributed by atoms with E-state index in [1.54, 1.807) is 19.2 Å². The Morgan fingerprint density at radius 2 is 1.71 bits per heavy atom. The molecule has 0 bridgehead atoms. The highest BCUT2D eigenvalue weighted by atomic mass is 35.5. The number of para-hydroxylation sites is 1. The number of ether oxygens (including phenoxy) is 2. The fraction of sp³-hybridized carbons (Fsp3) is 0.250. The molecule has 0 aliphatic heterocycles. The van der Waals surface area contributed by atoms with Crippen molar-refractivity contribution in [1.82, 2.24) is 0 Å². The van der Waals surface area contributed by atoms with Crippen molar-refractivity contribution in [1.29, 1.82) is 0 Å². The van der Waals surface area contributed by atoms with E-state index in [1.165, 1.54) is 0 Å². The smallest absolute Gasteiger partial charge is 0.139 e. The number of rotatable bonds is 5. The maximum absolute atomic E-state index is 6.56. The number of alkyl halides is 1. The third kappa shape index (κ3) is 3.57. The Morgan fingerprint density at radius 3 is 2.38 bits per heavy atom. The van der Waals surface area contributed by atoms with Gasteiger partial charge in [0.15, 0.2) is 0 Å². The molecule has 0 aliphatic rings. The predicted octanol–water partition coefficient (Wildman–Crippen LogP) is 5.73. The van der Waals surface area contributed by atoms with Crippen LogP contribution in [0.15, 0.2) is 36.4 Å². The van der Waals surface area contributed by atoms with Gasteiger partial charge in [-0.05, 0) is 24.6 Å². The van der Waals surface area contributed by atoms with Crippen molar-refractivity contribution >= 4 is 34.8 Å². The van der Waals surface area contributed by atoms with Crippen LogP contribution in [0.5, 0.6) is 11.5 Å². The van der Waals surface area contributed by atoms with Crippen LogP contribution in [0.25, 0.3) is 0 Å². The number of methoxy groups -OCH3 is 1. The molecule has 0 heterocycles. The Labute approximate surface area is 139 Å². The molecule has 0 saturated carbocycles. The van der Waals surface area contributed by atoms with Gasteiger partial charge in [0, 0.05) is 16.7 Å². The molecule has 0 N–H and O–H groups in total. The van der Waals surface area contributed by atoms with Gasteiger partial charge >= 0.3 is 0 Å². The van der Waals surface area contributed by atoms with Gasteiger partial charge in [-0.15, -0.1) is 11.6 Å². The van der Waals surface area contributed by atoms with Crippen molar-refractivity contribution in [2.45, 2.75) is 12.3 Å². The average Bonchev–Trinajstić information content (AvgIpc) is 2.50. The van der Waals surface area contributed by atoms with E-state index in [2.05, 4.69) is 0 Å². The Kier molecular flexibility index (Phi) is 5.63. The average molecular weight is 346 g/mol. The molecule has 0 aromatic heterocycles. The molecule has 0 fully saturated rings. The molecule has 2 aromatic rings. The van der Waals surface area contributed by atoms with E-state index in [1.807, 2.05) is 31.2 Å². The number of hydrogen-bond donors (Lipinski definition) is 0. The summed E-state index contributed by atoms with van der Waals surface area (Å²) in [6, 6.07) is 11.0. The Morgan fingerprint density at radius 1 is 1.00 bits per heavy atom. The Balaban J connectivity index is 2.44. The maximum Gasteiger partial charge on any atom is 0.139 e. The first kappa shape index (κ1) is 16.3. The molecular weight excluding hydrogens is 331 g/mol. The van der Waals surface area contributed by atoms with E-state index < -0.39 is 5.38 Å². The second-order valence-electron chi connectivity index (χ2n) is 4.34. The van der Waals surface area contributed by atoms with Gasteiger partial charge in [-0.1, -0.05) is 41.4 Å². The number of halogens is 3. The largest absolute Gasteiger partial charge is 0.496 e. The molecule has 0 saturated heterocycles. The second-order valence-corrected chi connectivity index (χ2v) is 5.59. The van der Waals surface area contributed by atoms with E-state index in [-0.39, 0.29) is 0 Å². The molecule has 5 heteroatoms. The van der Waals surface area contributed by atoms with Gasteiger partial charge in [-0.25, -0.2) is 0 Å². The van der Waals surface area contributed by atoms with E-state index in [0.29, 0.717) is 28.2 Å². The fourth-order valence-corrected chi connectivity index (χ4v) is 2.95. The van der Waals surface area contributed by atoms with Gasteiger partial charge in [0.25, 0.3) is 0 Å². The third-order valence-electron chi connectivity index (χ3n) is 3.04. The van der Waals surface area contributed by atoms with Gasteiger partial charge in [-0.2, -0.15) is 0 Å². The SMILES string of the molecule is CCOc1cc(Cl)c(C(Cl)c2ccccc2OC)cc1Cl. The highest BCUT2D eigenvalue weighted by Crippen LogP contribution is 2.41. The lowest BCUT2D eigenvalue weighted by atomic mass is 10.0. The molecule has 1 atom stereocenters. The minimum atomic E-state index is -0.457. The highest BCUT2D eigenvalue weighted by molar-refractivity contribution is 6.36. The summed E-state index contributed by atoms with van der Waals surface area (Å²) in [6.45, 7) is 2.41. The van der Waals surface area contributed by atoms with Gasteiger partial charge < -0.3 is 9.47 Å². The van der Waals surface area contributed by atoms with Crippen LogP contribution in [-0.4, -0.2) is 13.7 Å². The summed E-state index contributed by atoms with van der Waals surface area (Å²) in [7, 11) is 1.61. The molecule has 0 amide bonds. The van der Waals surface area contributed by atoms with Crippen LogP contribution in [0.4, 0.5) is 0 Å². The molecule has 0 aliphatic carbocycles. The normalized spacial score (nSPS) is 12.0. The molecule has 21 heavy (non-hydrogen) atoms. The van der Waals surface area contributed by atoms with Crippen molar-refractivity contribution in [3.63, 3.8) is 0 Å². The van der Waals surface area contributed by atoms with Crippen molar-refractivity contribution in [2.24, 2.45) is 0 Å². The van der Waals surface area contributed by atoms with Gasteiger partial charge in [0.2, 0.25) is 0 Å². The van der Waals surface area contributed by atoms with Crippen molar-refractivity contribution in [3.05, 3.63) is 57.6 Å². The molecule has 112 valence electrons. The summed E-state index contributed by atoms with van der Waals surface area (Å²) < 4.78 is 10.8. The number of hydrogen-bond acceptors (Lipinski definition) is 2. The quantitative estimate of drug-likeness (QED) is 0.644. The van der Waals surface area contributed by atoms with Gasteiger partial charge in [0.1, 0.15) is 11.5 Å². The molecule has 2 rings (SSSR count). The molecule has 1 unspecified atom stereocenters. The second kappa shape index (κ2) is 7.26. The van der Waals surface area contributed by atoms with Crippen LogP contribution < -0.4 is 9.47 Å². The zero-order valence-electron chi connectivity index (χ0n) is 11.7. The van der Waals surface area contributed by atoms with E-state index >= 15 is 0 Å². The lowest BCUT2D eigenvalue weighted by molar-refractivity contribution is 0.340. The maximum atomic E-state index is 6.56. The first-order chi connectivity index (χ1) is 10.1. The third-order valence-corrected chi connectivity index (χ3v) is 4.13. The lowest BCUT2D eigenvalue weighted by Gasteiger charge is -2.17. The fourth-order valence-electron chi connectivity index (χ4n) is 2.05. The first-order valence-corrected chi connectivity index (χ1v) is 7.66. The van der Waals surface area contributed by atoms with Gasteiger partial charge in [0.05, 0.1) is 24.1 Å². The molecule has 0 radical (unpaired) electrons. The van der Waals surface area contributed by atoms with E-state index in [0.717, 1.165) is 11.1 Å². The zero-order chi connectivity index (χ0) is 15.4. The van der Waals surface area contributed by atoms with Crippen molar-refractivity contribution in [3.8, 4) is 11.5 Å². The monoisotopic (exact) mass is 344 g/mol. The molecule has 2 nitrogen and oxygen atoms in total. The minimum Gasteiger partial charge on any atom is -0.496 e. The van der Waals surface area contributed by atoms with Crippen LogP contribution >= 0.6 is 34.8 Å². The zero-order valence-corrected chi connectivity index (χ0v) is 14.0. The van der Waals surface area contributed by atoms with Crippen LogP contribution in [-0.2, 0) is 0 Å². The van der Waals surface area contributed by atoms with Crippen molar-refractivity contribution < 1.29 is 9.47 Å². The molecule has 0 spiro atoms. The van der Waals surface area contributed by atoms with Crippen LogP contribution in [0.2, 0.25) is 10.0 Å². The predicted molar refractivity (Wildman–Crippen MR) is 88.3 cm³/mol. The summed E-state index contributed by atoms with van der Waals surface area (Å²) in [5, 5.41) is 0.535. The Bertz CT molecular complexity index is 629. The summed E-state index contributed by atoms with van der Waals surface area (Å²) in [4.78, 5) is 0. The van der Waals surface area contributed by atoms with Crippen molar-refractivity contribution in [2.75, 3.05) is 13.7 Å². The summed E-state index contributed by atoms with van der Waals surface area (Å²) in [5.41, 5.74) is 1.56. The standard InChI is InChI=1S/C16H15Cl3O2/c1-3-21-15-9-12(17)11(8-13(15)18)16(19)10-6-4-5-7-14(10)20-2/h4-9,16H,3H2,1-2H3. The highest BCUT2D eigenvalue weighted by Gasteiger charge is 2.20. The molecule has 2 aromatic carbocycles. The minimum absolute atomic E-state index is 0.457. The Hall–Kier alpha value is -1.09. The number of benzene rings is 2.